The van der Waals surface area contributed by atoms with Crippen LogP contribution in [-0.4, -0.2) is 33.8 Å². The van der Waals surface area contributed by atoms with Gasteiger partial charge in [-0.15, -0.1) is 0 Å². The van der Waals surface area contributed by atoms with E-state index in [0.717, 1.165) is 38.8 Å². The van der Waals surface area contributed by atoms with Crippen molar-refractivity contribution in [3.8, 4) is 0 Å². The number of nitrogens with one attached hydrogen (secondary N) is 2. The van der Waals surface area contributed by atoms with Crippen LogP contribution in [0.4, 0.5) is 0 Å². The van der Waals surface area contributed by atoms with Crippen LogP contribution >= 0.6 is 0 Å². The lowest BCUT2D eigenvalue weighted by molar-refractivity contribution is 0.369. The van der Waals surface area contributed by atoms with Crippen LogP contribution in [0.25, 0.3) is 0 Å². The number of piperidine rings is 1. The number of rotatable bonds is 5. The molecule has 1 aliphatic carbocycles. The van der Waals surface area contributed by atoms with E-state index in [2.05, 4.69) is 10.0 Å². The van der Waals surface area contributed by atoms with Crippen LogP contribution in [-0.2, 0) is 10.0 Å². The Morgan fingerprint density at radius 1 is 1.00 bits per heavy atom. The number of hydrogen-bond donors (Lipinski definition) is 2. The molecule has 0 amide bonds. The van der Waals surface area contributed by atoms with Crippen LogP contribution in [0.15, 0.2) is 0 Å². The fraction of sp³-hybridized carbons (Fsp3) is 1.00. The summed E-state index contributed by atoms with van der Waals surface area (Å²) in [7, 11) is -3.06. The van der Waals surface area contributed by atoms with Crippen molar-refractivity contribution < 1.29 is 8.42 Å². The molecule has 1 heterocycles. The van der Waals surface area contributed by atoms with Crippen molar-refractivity contribution in [1.29, 1.82) is 0 Å². The molecule has 1 saturated heterocycles. The molecule has 0 radical (unpaired) electrons. The molecule has 0 bridgehead atoms. The minimum Gasteiger partial charge on any atom is -0.316 e. The van der Waals surface area contributed by atoms with Gasteiger partial charge < -0.3 is 5.32 Å². The molecule has 106 valence electrons. The van der Waals surface area contributed by atoms with E-state index in [-0.39, 0.29) is 0 Å². The Bertz CT molecular complexity index is 331. The number of hydrogen-bond acceptors (Lipinski definition) is 3. The van der Waals surface area contributed by atoms with Gasteiger partial charge >= 0.3 is 0 Å². The molecule has 1 aliphatic heterocycles. The molecule has 1 atom stereocenters. The molecular weight excluding hydrogens is 248 g/mol. The van der Waals surface area contributed by atoms with E-state index >= 15 is 0 Å². The van der Waals surface area contributed by atoms with Gasteiger partial charge in [-0.05, 0) is 50.6 Å². The highest BCUT2D eigenvalue weighted by molar-refractivity contribution is 7.89. The molecule has 18 heavy (non-hydrogen) atoms. The predicted octanol–water partition coefficient (Wildman–Crippen LogP) is 1.49. The summed E-state index contributed by atoms with van der Waals surface area (Å²) < 4.78 is 26.8. The average Bonchev–Trinajstić information content (AvgIpc) is 2.38. The Morgan fingerprint density at radius 3 is 2.39 bits per heavy atom. The molecule has 0 aromatic rings. The van der Waals surface area contributed by atoms with Crippen LogP contribution in [0.3, 0.4) is 0 Å². The minimum atomic E-state index is -3.06. The van der Waals surface area contributed by atoms with Gasteiger partial charge in [0.1, 0.15) is 0 Å². The first-order chi connectivity index (χ1) is 8.66. The van der Waals surface area contributed by atoms with E-state index in [1.165, 1.54) is 19.3 Å². The van der Waals surface area contributed by atoms with Crippen molar-refractivity contribution in [1.82, 2.24) is 10.0 Å². The van der Waals surface area contributed by atoms with E-state index in [1.807, 2.05) is 0 Å². The molecule has 5 heteroatoms. The zero-order chi connectivity index (χ0) is 12.8. The van der Waals surface area contributed by atoms with Gasteiger partial charge in [-0.3, -0.25) is 0 Å². The summed E-state index contributed by atoms with van der Waals surface area (Å²) in [5.74, 6) is 1.20. The Labute approximate surface area is 111 Å². The summed E-state index contributed by atoms with van der Waals surface area (Å²) in [4.78, 5) is 0. The first kappa shape index (κ1) is 14.3. The predicted molar refractivity (Wildman–Crippen MR) is 74.0 cm³/mol. The molecule has 2 fully saturated rings. The van der Waals surface area contributed by atoms with Gasteiger partial charge in [-0.25, -0.2) is 13.1 Å². The average molecular weight is 274 g/mol. The fourth-order valence-corrected chi connectivity index (χ4v) is 4.63. The van der Waals surface area contributed by atoms with Gasteiger partial charge in [0.15, 0.2) is 0 Å². The van der Waals surface area contributed by atoms with E-state index in [4.69, 9.17) is 0 Å². The molecule has 1 saturated carbocycles. The molecule has 2 rings (SSSR count). The van der Waals surface area contributed by atoms with Gasteiger partial charge in [0.25, 0.3) is 0 Å². The van der Waals surface area contributed by atoms with Gasteiger partial charge in [0, 0.05) is 6.54 Å². The highest BCUT2D eigenvalue weighted by Crippen LogP contribution is 2.24. The van der Waals surface area contributed by atoms with Crippen molar-refractivity contribution in [2.24, 2.45) is 11.8 Å². The zero-order valence-corrected chi connectivity index (χ0v) is 12.0. The lowest BCUT2D eigenvalue weighted by atomic mass is 9.91. The maximum Gasteiger partial charge on any atom is 0.211 e. The van der Waals surface area contributed by atoms with Gasteiger partial charge in [0.05, 0.1) is 5.75 Å². The van der Waals surface area contributed by atoms with Crippen LogP contribution in [0.5, 0.6) is 0 Å². The van der Waals surface area contributed by atoms with E-state index in [0.29, 0.717) is 24.1 Å². The Balaban J connectivity index is 1.72. The van der Waals surface area contributed by atoms with E-state index < -0.39 is 10.0 Å². The second kappa shape index (κ2) is 6.87. The summed E-state index contributed by atoms with van der Waals surface area (Å²) in [6.07, 6.45) is 8.16. The standard InChI is InChI=1S/C13H26N2O2S/c16-18(17,11-12-5-2-1-3-6-12)15-10-13-7-4-8-14-9-13/h12-15H,1-11H2. The van der Waals surface area contributed by atoms with Crippen LogP contribution in [0.2, 0.25) is 0 Å². The van der Waals surface area contributed by atoms with E-state index in [1.54, 1.807) is 0 Å². The van der Waals surface area contributed by atoms with E-state index in [9.17, 15) is 8.42 Å². The van der Waals surface area contributed by atoms with Crippen molar-refractivity contribution in [3.05, 3.63) is 0 Å². The summed E-state index contributed by atoms with van der Waals surface area (Å²) in [5, 5.41) is 3.32. The second-order valence-corrected chi connectivity index (χ2v) is 7.70. The first-order valence-corrected chi connectivity index (χ1v) is 8.99. The third-order valence-electron chi connectivity index (χ3n) is 4.17. The number of sulfonamides is 1. The molecule has 2 N–H and O–H groups in total. The summed E-state index contributed by atoms with van der Waals surface area (Å²) >= 11 is 0. The van der Waals surface area contributed by atoms with Crippen molar-refractivity contribution in [2.75, 3.05) is 25.4 Å². The fourth-order valence-electron chi connectivity index (χ4n) is 3.07. The first-order valence-electron chi connectivity index (χ1n) is 7.34. The summed E-state index contributed by atoms with van der Waals surface area (Å²) in [5.41, 5.74) is 0. The molecule has 0 aromatic heterocycles. The van der Waals surface area contributed by atoms with Gasteiger partial charge in [-0.2, -0.15) is 0 Å². The lowest BCUT2D eigenvalue weighted by Crippen LogP contribution is -2.39. The topological polar surface area (TPSA) is 58.2 Å². The molecule has 0 spiro atoms. The monoisotopic (exact) mass is 274 g/mol. The van der Waals surface area contributed by atoms with Crippen LogP contribution in [0, 0.1) is 11.8 Å². The minimum absolute atomic E-state index is 0.340. The molecular formula is C13H26N2O2S. The highest BCUT2D eigenvalue weighted by Gasteiger charge is 2.22. The van der Waals surface area contributed by atoms with Crippen molar-refractivity contribution >= 4 is 10.0 Å². The molecule has 0 aromatic carbocycles. The Hall–Kier alpha value is -0.130. The smallest absolute Gasteiger partial charge is 0.211 e. The van der Waals surface area contributed by atoms with Gasteiger partial charge in [0.2, 0.25) is 10.0 Å². The summed E-state index contributed by atoms with van der Waals surface area (Å²) in [6, 6.07) is 0. The highest BCUT2D eigenvalue weighted by atomic mass is 32.2. The second-order valence-electron chi connectivity index (χ2n) is 5.85. The van der Waals surface area contributed by atoms with Crippen LogP contribution < -0.4 is 10.0 Å². The third-order valence-corrected chi connectivity index (χ3v) is 5.69. The molecule has 4 nitrogen and oxygen atoms in total. The Morgan fingerprint density at radius 2 is 1.72 bits per heavy atom. The van der Waals surface area contributed by atoms with Crippen molar-refractivity contribution in [2.45, 2.75) is 44.9 Å². The van der Waals surface area contributed by atoms with Crippen LogP contribution in [0.1, 0.15) is 44.9 Å². The molecule has 1 unspecified atom stereocenters. The Kier molecular flexibility index (Phi) is 5.45. The largest absolute Gasteiger partial charge is 0.316 e. The van der Waals surface area contributed by atoms with Crippen molar-refractivity contribution in [3.63, 3.8) is 0 Å². The quantitative estimate of drug-likeness (QED) is 0.798. The van der Waals surface area contributed by atoms with Gasteiger partial charge in [-0.1, -0.05) is 19.3 Å². The maximum absolute atomic E-state index is 12.0. The summed E-state index contributed by atoms with van der Waals surface area (Å²) in [6.45, 7) is 2.64. The normalized spacial score (nSPS) is 27.2. The molecule has 2 aliphatic rings. The maximum atomic E-state index is 12.0. The SMILES string of the molecule is O=S(=O)(CC1CCCCC1)NCC1CCCNC1. The zero-order valence-electron chi connectivity index (χ0n) is 11.2. The lowest BCUT2D eigenvalue weighted by Gasteiger charge is -2.24. The third kappa shape index (κ3) is 4.86.